The molecule has 2 aliphatic rings. The molecule has 0 saturated heterocycles. The molecular formula is C12H17NS. The lowest BCUT2D eigenvalue weighted by Gasteiger charge is -2.18. The fraction of sp³-hybridized carbons (Fsp3) is 0.667. The van der Waals surface area contributed by atoms with Crippen molar-refractivity contribution in [1.82, 2.24) is 5.32 Å². The van der Waals surface area contributed by atoms with Crippen LogP contribution >= 0.6 is 11.3 Å². The Morgan fingerprint density at radius 3 is 2.93 bits per heavy atom. The molecule has 0 spiro atoms. The summed E-state index contributed by atoms with van der Waals surface area (Å²) in [7, 11) is 0. The fourth-order valence-corrected chi connectivity index (χ4v) is 3.88. The Balaban J connectivity index is 1.69. The van der Waals surface area contributed by atoms with Gasteiger partial charge in [0.25, 0.3) is 0 Å². The maximum Gasteiger partial charge on any atom is 0.0422 e. The van der Waals surface area contributed by atoms with Gasteiger partial charge in [0.1, 0.15) is 0 Å². The minimum atomic E-state index is 0.688. The van der Waals surface area contributed by atoms with Crippen molar-refractivity contribution in [3.05, 3.63) is 21.9 Å². The van der Waals surface area contributed by atoms with Gasteiger partial charge in [0.2, 0.25) is 0 Å². The fourth-order valence-electron chi connectivity index (χ4n) is 2.83. The summed E-state index contributed by atoms with van der Waals surface area (Å²) in [6, 6.07) is 3.80. The Hall–Kier alpha value is -0.340. The van der Waals surface area contributed by atoms with Gasteiger partial charge in [-0.1, -0.05) is 12.8 Å². The van der Waals surface area contributed by atoms with Crippen molar-refractivity contribution >= 4 is 11.3 Å². The van der Waals surface area contributed by atoms with E-state index in [4.69, 9.17) is 0 Å². The first-order chi connectivity index (χ1) is 6.93. The SMILES string of the molecule is c1cc2c(s1)C(NC1CCCC1)CC2. The van der Waals surface area contributed by atoms with Gasteiger partial charge in [-0.15, -0.1) is 11.3 Å². The van der Waals surface area contributed by atoms with E-state index in [1.54, 1.807) is 10.4 Å². The molecule has 2 aliphatic carbocycles. The van der Waals surface area contributed by atoms with Crippen molar-refractivity contribution in [1.29, 1.82) is 0 Å². The van der Waals surface area contributed by atoms with E-state index in [0.717, 1.165) is 6.04 Å². The lowest BCUT2D eigenvalue weighted by Crippen LogP contribution is -2.28. The molecule has 76 valence electrons. The highest BCUT2D eigenvalue weighted by molar-refractivity contribution is 7.10. The maximum atomic E-state index is 3.83. The lowest BCUT2D eigenvalue weighted by atomic mass is 10.2. The van der Waals surface area contributed by atoms with Gasteiger partial charge < -0.3 is 5.32 Å². The number of aryl methyl sites for hydroxylation is 1. The molecule has 1 atom stereocenters. The summed E-state index contributed by atoms with van der Waals surface area (Å²) in [5.74, 6) is 0. The van der Waals surface area contributed by atoms with E-state index < -0.39 is 0 Å². The predicted octanol–water partition coefficient (Wildman–Crippen LogP) is 3.27. The molecule has 1 unspecified atom stereocenters. The Morgan fingerprint density at radius 1 is 1.21 bits per heavy atom. The lowest BCUT2D eigenvalue weighted by molar-refractivity contribution is 0.441. The summed E-state index contributed by atoms with van der Waals surface area (Å²) in [4.78, 5) is 1.62. The van der Waals surface area contributed by atoms with Crippen molar-refractivity contribution in [2.45, 2.75) is 50.6 Å². The normalized spacial score (nSPS) is 27.0. The van der Waals surface area contributed by atoms with Crippen LogP contribution in [-0.2, 0) is 6.42 Å². The van der Waals surface area contributed by atoms with Gasteiger partial charge in [0.05, 0.1) is 0 Å². The highest BCUT2D eigenvalue weighted by Gasteiger charge is 2.26. The molecule has 0 aliphatic heterocycles. The number of hydrogen-bond donors (Lipinski definition) is 1. The van der Waals surface area contributed by atoms with Crippen LogP contribution in [0.15, 0.2) is 11.4 Å². The van der Waals surface area contributed by atoms with E-state index in [-0.39, 0.29) is 0 Å². The number of nitrogens with one attached hydrogen (secondary N) is 1. The average molecular weight is 207 g/mol. The molecule has 0 radical (unpaired) electrons. The maximum absolute atomic E-state index is 3.83. The van der Waals surface area contributed by atoms with Crippen molar-refractivity contribution in [2.75, 3.05) is 0 Å². The third-order valence-electron chi connectivity index (χ3n) is 3.59. The topological polar surface area (TPSA) is 12.0 Å². The molecule has 1 heterocycles. The first kappa shape index (κ1) is 8.93. The second kappa shape index (κ2) is 3.67. The monoisotopic (exact) mass is 207 g/mol. The summed E-state index contributed by atoms with van der Waals surface area (Å²) in [6.07, 6.45) is 8.29. The first-order valence-electron chi connectivity index (χ1n) is 5.76. The molecule has 1 fully saturated rings. The summed E-state index contributed by atoms with van der Waals surface area (Å²) in [6.45, 7) is 0. The minimum absolute atomic E-state index is 0.688. The van der Waals surface area contributed by atoms with Gasteiger partial charge in [-0.05, 0) is 42.7 Å². The third-order valence-corrected chi connectivity index (χ3v) is 4.66. The van der Waals surface area contributed by atoms with Crippen molar-refractivity contribution in [3.8, 4) is 0 Å². The zero-order valence-corrected chi connectivity index (χ0v) is 9.28. The zero-order valence-electron chi connectivity index (χ0n) is 8.46. The highest BCUT2D eigenvalue weighted by Crippen LogP contribution is 2.36. The van der Waals surface area contributed by atoms with Crippen molar-refractivity contribution in [3.63, 3.8) is 0 Å². The number of thiophene rings is 1. The van der Waals surface area contributed by atoms with Crippen LogP contribution in [0.1, 0.15) is 48.6 Å². The van der Waals surface area contributed by atoms with Crippen molar-refractivity contribution in [2.24, 2.45) is 0 Å². The summed E-state index contributed by atoms with van der Waals surface area (Å²) < 4.78 is 0. The Morgan fingerprint density at radius 2 is 2.07 bits per heavy atom. The molecule has 1 saturated carbocycles. The van der Waals surface area contributed by atoms with Crippen LogP contribution in [0.4, 0.5) is 0 Å². The molecular weight excluding hydrogens is 190 g/mol. The minimum Gasteiger partial charge on any atom is -0.306 e. The predicted molar refractivity (Wildman–Crippen MR) is 60.8 cm³/mol. The van der Waals surface area contributed by atoms with Gasteiger partial charge >= 0.3 is 0 Å². The molecule has 2 heteroatoms. The van der Waals surface area contributed by atoms with Crippen molar-refractivity contribution < 1.29 is 0 Å². The standard InChI is InChI=1S/C12H17NS/c1-2-4-10(3-1)13-11-6-5-9-7-8-14-12(9)11/h7-8,10-11,13H,1-6H2. The second-order valence-corrected chi connectivity index (χ2v) is 5.50. The quantitative estimate of drug-likeness (QED) is 0.785. The van der Waals surface area contributed by atoms with E-state index in [0.29, 0.717) is 6.04 Å². The molecule has 0 bridgehead atoms. The Bertz CT molecular complexity index is 312. The van der Waals surface area contributed by atoms with Crippen LogP contribution in [0.25, 0.3) is 0 Å². The average Bonchev–Trinajstić information content (AvgIpc) is 2.85. The van der Waals surface area contributed by atoms with Crippen LogP contribution < -0.4 is 5.32 Å². The van der Waals surface area contributed by atoms with E-state index in [2.05, 4.69) is 16.8 Å². The van der Waals surface area contributed by atoms with E-state index >= 15 is 0 Å². The Labute approximate surface area is 89.5 Å². The van der Waals surface area contributed by atoms with Crippen LogP contribution in [0, 0.1) is 0 Å². The van der Waals surface area contributed by atoms with E-state index in [1.165, 1.54) is 38.5 Å². The molecule has 1 nitrogen and oxygen atoms in total. The van der Waals surface area contributed by atoms with Gasteiger partial charge in [-0.25, -0.2) is 0 Å². The van der Waals surface area contributed by atoms with Crippen LogP contribution in [-0.4, -0.2) is 6.04 Å². The van der Waals surface area contributed by atoms with E-state index in [9.17, 15) is 0 Å². The van der Waals surface area contributed by atoms with Crippen LogP contribution in [0.5, 0.6) is 0 Å². The van der Waals surface area contributed by atoms with Gasteiger partial charge in [-0.3, -0.25) is 0 Å². The number of fused-ring (bicyclic) bond motifs is 1. The largest absolute Gasteiger partial charge is 0.306 e. The number of rotatable bonds is 2. The summed E-state index contributed by atoms with van der Waals surface area (Å²) >= 11 is 1.94. The first-order valence-corrected chi connectivity index (χ1v) is 6.64. The molecule has 0 aromatic carbocycles. The van der Waals surface area contributed by atoms with E-state index in [1.807, 2.05) is 11.3 Å². The van der Waals surface area contributed by atoms with Crippen LogP contribution in [0.3, 0.4) is 0 Å². The van der Waals surface area contributed by atoms with Gasteiger partial charge in [0.15, 0.2) is 0 Å². The highest BCUT2D eigenvalue weighted by atomic mass is 32.1. The van der Waals surface area contributed by atoms with Crippen LogP contribution in [0.2, 0.25) is 0 Å². The van der Waals surface area contributed by atoms with Gasteiger partial charge in [-0.2, -0.15) is 0 Å². The molecule has 3 rings (SSSR count). The second-order valence-electron chi connectivity index (χ2n) is 4.55. The summed E-state index contributed by atoms with van der Waals surface area (Å²) in [5.41, 5.74) is 1.60. The summed E-state index contributed by atoms with van der Waals surface area (Å²) in [5, 5.41) is 6.07. The zero-order chi connectivity index (χ0) is 9.38. The van der Waals surface area contributed by atoms with Gasteiger partial charge in [0, 0.05) is 17.0 Å². The molecule has 1 aromatic rings. The molecule has 1 aromatic heterocycles. The smallest absolute Gasteiger partial charge is 0.0422 e. The Kier molecular flexibility index (Phi) is 2.34. The third kappa shape index (κ3) is 1.51. The number of hydrogen-bond acceptors (Lipinski definition) is 2. The molecule has 0 amide bonds. The molecule has 1 N–H and O–H groups in total. The molecule has 14 heavy (non-hydrogen) atoms.